The van der Waals surface area contributed by atoms with Crippen molar-refractivity contribution in [2.24, 2.45) is 5.92 Å². The lowest BCUT2D eigenvalue weighted by Gasteiger charge is -2.32. The van der Waals surface area contributed by atoms with Crippen molar-refractivity contribution in [2.45, 2.75) is 91.7 Å². The summed E-state index contributed by atoms with van der Waals surface area (Å²) in [6.07, 6.45) is 3.81. The molecule has 0 saturated heterocycles. The molecular weight excluding hydrogens is 574 g/mol. The molecule has 0 radical (unpaired) electrons. The average Bonchev–Trinajstić information content (AvgIpc) is 3.41. The van der Waals surface area contributed by atoms with Crippen molar-refractivity contribution in [1.82, 2.24) is 24.6 Å². The molecular formula is C30H38FN6O5P. The van der Waals surface area contributed by atoms with Gasteiger partial charge in [-0.1, -0.05) is 6.92 Å². The summed E-state index contributed by atoms with van der Waals surface area (Å²) in [4.78, 5) is 25.8. The number of rotatable bonds is 9. The number of hydrogen-bond acceptors (Lipinski definition) is 9. The number of fused-ring (bicyclic) bond motifs is 3. The van der Waals surface area contributed by atoms with Crippen LogP contribution in [0.3, 0.4) is 0 Å². The van der Waals surface area contributed by atoms with E-state index < -0.39 is 37.2 Å². The number of anilines is 1. The highest BCUT2D eigenvalue weighted by atomic mass is 31.2. The summed E-state index contributed by atoms with van der Waals surface area (Å²) in [5, 5.41) is 7.86. The molecule has 1 fully saturated rings. The second-order valence-corrected chi connectivity index (χ2v) is 14.3. The fourth-order valence-electron chi connectivity index (χ4n) is 4.75. The number of hydrogen-bond donors (Lipinski definition) is 1. The number of phosphoric acid groups is 1. The summed E-state index contributed by atoms with van der Waals surface area (Å²) in [5.74, 6) is -0.684. The van der Waals surface area contributed by atoms with Crippen LogP contribution < -0.4 is 5.32 Å². The van der Waals surface area contributed by atoms with Gasteiger partial charge in [0, 0.05) is 35.0 Å². The largest absolute Gasteiger partial charge is 0.476 e. The van der Waals surface area contributed by atoms with Gasteiger partial charge in [-0.05, 0) is 79.0 Å². The maximum absolute atomic E-state index is 13.8. The van der Waals surface area contributed by atoms with Crippen LogP contribution in [0.1, 0.15) is 78.7 Å². The topological polar surface area (TPSA) is 130 Å². The first-order valence-corrected chi connectivity index (χ1v) is 15.8. The van der Waals surface area contributed by atoms with Gasteiger partial charge in [0.1, 0.15) is 24.4 Å². The Morgan fingerprint density at radius 1 is 1.07 bits per heavy atom. The highest BCUT2D eigenvalue weighted by Gasteiger charge is 2.44. The van der Waals surface area contributed by atoms with Gasteiger partial charge in [0.15, 0.2) is 5.65 Å². The van der Waals surface area contributed by atoms with E-state index in [1.54, 1.807) is 64.5 Å². The molecule has 5 rings (SSSR count). The number of amides is 1. The van der Waals surface area contributed by atoms with Crippen LogP contribution >= 0.6 is 7.82 Å². The molecule has 43 heavy (non-hydrogen) atoms. The number of pyridine rings is 3. The number of carbonyl (C=O) groups excluding carboxylic acids is 1. The summed E-state index contributed by atoms with van der Waals surface area (Å²) in [5.41, 5.74) is 2.83. The summed E-state index contributed by atoms with van der Waals surface area (Å²) in [6.45, 7) is 14.6. The Balaban J connectivity index is 1.47. The van der Waals surface area contributed by atoms with Crippen molar-refractivity contribution in [3.63, 3.8) is 0 Å². The average molecular weight is 613 g/mol. The fraction of sp³-hybridized carbons (Fsp3) is 0.500. The number of alkyl halides is 1. The second-order valence-electron chi connectivity index (χ2n) is 12.8. The maximum atomic E-state index is 13.8. The lowest BCUT2D eigenvalue weighted by molar-refractivity contribution is -0.117. The summed E-state index contributed by atoms with van der Waals surface area (Å²) in [6, 6.07) is 5.53. The van der Waals surface area contributed by atoms with Crippen LogP contribution in [0.15, 0.2) is 36.9 Å². The number of halogens is 1. The van der Waals surface area contributed by atoms with Crippen LogP contribution in [-0.2, 0) is 22.9 Å². The molecule has 1 N–H and O–H groups in total. The Labute approximate surface area is 250 Å². The molecule has 0 aliphatic heterocycles. The van der Waals surface area contributed by atoms with Gasteiger partial charge in [-0.2, -0.15) is 5.10 Å². The third-order valence-corrected chi connectivity index (χ3v) is 8.74. The molecule has 1 saturated carbocycles. The van der Waals surface area contributed by atoms with Gasteiger partial charge in [-0.15, -0.1) is 0 Å². The number of nitrogens with zero attached hydrogens (tertiary/aromatic N) is 5. The highest BCUT2D eigenvalue weighted by molar-refractivity contribution is 7.48. The van der Waals surface area contributed by atoms with Crippen LogP contribution in [0, 0.1) is 12.8 Å². The van der Waals surface area contributed by atoms with Crippen LogP contribution in [0.2, 0.25) is 0 Å². The molecule has 0 bridgehead atoms. The van der Waals surface area contributed by atoms with Crippen LogP contribution in [0.5, 0.6) is 0 Å². The van der Waals surface area contributed by atoms with Crippen molar-refractivity contribution in [3.8, 4) is 11.1 Å². The van der Waals surface area contributed by atoms with E-state index in [0.717, 1.165) is 22.1 Å². The Morgan fingerprint density at radius 3 is 2.33 bits per heavy atom. The van der Waals surface area contributed by atoms with Gasteiger partial charge in [-0.3, -0.25) is 23.3 Å². The van der Waals surface area contributed by atoms with E-state index in [1.807, 2.05) is 26.0 Å². The SMILES string of the molecule is CCC(OP(=O)(OC(C)(C)C)OC(C)(C)C)c1cc(C)c(-c2cc3cnc(NC(=O)[C@H]4C[C@H]4F)cc3n3ncnc23)cn1. The Morgan fingerprint density at radius 2 is 1.74 bits per heavy atom. The molecule has 1 aliphatic carbocycles. The zero-order valence-electron chi connectivity index (χ0n) is 25.7. The quantitative estimate of drug-likeness (QED) is 0.196. The molecule has 4 aromatic rings. The fourth-order valence-corrected chi connectivity index (χ4v) is 6.79. The maximum Gasteiger partial charge on any atom is 0.476 e. The van der Waals surface area contributed by atoms with Gasteiger partial charge in [0.2, 0.25) is 5.91 Å². The third kappa shape index (κ3) is 7.09. The number of aryl methyl sites for hydroxylation is 1. The Bertz CT molecular complexity index is 1710. The highest BCUT2D eigenvalue weighted by Crippen LogP contribution is 2.58. The minimum atomic E-state index is -3.97. The van der Waals surface area contributed by atoms with E-state index in [1.165, 1.54) is 6.33 Å². The first-order valence-electron chi connectivity index (χ1n) is 14.3. The van der Waals surface area contributed by atoms with Crippen LogP contribution in [0.25, 0.3) is 27.7 Å². The van der Waals surface area contributed by atoms with Gasteiger partial charge in [0.05, 0.1) is 28.3 Å². The number of phosphoric ester groups is 1. The molecule has 230 valence electrons. The van der Waals surface area contributed by atoms with E-state index in [0.29, 0.717) is 29.1 Å². The Hall–Kier alpha value is -3.31. The summed E-state index contributed by atoms with van der Waals surface area (Å²) < 4.78 is 46.5. The number of aromatic nitrogens is 5. The van der Waals surface area contributed by atoms with Crippen molar-refractivity contribution < 1.29 is 27.3 Å². The predicted molar refractivity (Wildman–Crippen MR) is 161 cm³/mol. The first kappa shape index (κ1) is 31.1. The monoisotopic (exact) mass is 612 g/mol. The normalized spacial score (nSPS) is 18.3. The van der Waals surface area contributed by atoms with Crippen molar-refractivity contribution in [2.75, 3.05) is 5.32 Å². The molecule has 0 aromatic carbocycles. The molecule has 3 atom stereocenters. The van der Waals surface area contributed by atoms with Gasteiger partial charge < -0.3 is 5.32 Å². The van der Waals surface area contributed by atoms with Gasteiger partial charge in [-0.25, -0.2) is 23.4 Å². The minimum Gasteiger partial charge on any atom is -0.310 e. The van der Waals surface area contributed by atoms with E-state index in [4.69, 9.17) is 18.6 Å². The molecule has 4 aromatic heterocycles. The molecule has 1 amide bonds. The van der Waals surface area contributed by atoms with Crippen molar-refractivity contribution >= 4 is 36.1 Å². The van der Waals surface area contributed by atoms with Crippen molar-refractivity contribution in [3.05, 3.63) is 48.2 Å². The zero-order valence-corrected chi connectivity index (χ0v) is 26.6. The summed E-state index contributed by atoms with van der Waals surface area (Å²) in [7, 11) is -3.97. The van der Waals surface area contributed by atoms with Crippen LogP contribution in [-0.4, -0.2) is 47.8 Å². The molecule has 1 aliphatic rings. The minimum absolute atomic E-state index is 0.238. The second kappa shape index (κ2) is 11.3. The lowest BCUT2D eigenvalue weighted by Crippen LogP contribution is -2.25. The first-order chi connectivity index (χ1) is 20.1. The van der Waals surface area contributed by atoms with Crippen molar-refractivity contribution in [1.29, 1.82) is 0 Å². The smallest absolute Gasteiger partial charge is 0.310 e. The van der Waals surface area contributed by atoms with Gasteiger partial charge >= 0.3 is 7.82 Å². The molecule has 4 heterocycles. The van der Waals surface area contributed by atoms with E-state index in [-0.39, 0.29) is 12.3 Å². The van der Waals surface area contributed by atoms with E-state index in [2.05, 4.69) is 20.4 Å². The standard InChI is InChI=1S/C30H38FN6O5P/c1-9-25(40-43(39,41-29(3,4)5)42-30(6,7)8)23-10-17(2)21(15-32-23)19-11-18-14-33-26(36-28(38)20-12-22(20)31)13-24(18)37-27(19)34-16-35-37/h10-11,13-16,20,22,25H,9,12H2,1-8H3,(H,33,36,38)/t20-,22+,25?/m0/s1. The molecule has 0 spiro atoms. The number of carbonyl (C=O) groups is 1. The van der Waals surface area contributed by atoms with Crippen LogP contribution in [0.4, 0.5) is 10.2 Å². The molecule has 1 unspecified atom stereocenters. The third-order valence-electron chi connectivity index (χ3n) is 6.68. The molecule has 13 heteroatoms. The van der Waals surface area contributed by atoms with Gasteiger partial charge in [0.25, 0.3) is 0 Å². The van der Waals surface area contributed by atoms with E-state index >= 15 is 0 Å². The zero-order chi connectivity index (χ0) is 31.3. The number of nitrogens with one attached hydrogen (secondary N) is 1. The summed E-state index contributed by atoms with van der Waals surface area (Å²) >= 11 is 0. The Kier molecular flexibility index (Phi) is 8.19. The lowest BCUT2D eigenvalue weighted by atomic mass is 10.0. The van der Waals surface area contributed by atoms with E-state index in [9.17, 15) is 13.8 Å². The predicted octanol–water partition coefficient (Wildman–Crippen LogP) is 7.15. The molecule has 11 nitrogen and oxygen atoms in total.